The zero-order valence-electron chi connectivity index (χ0n) is 10.3. The summed E-state index contributed by atoms with van der Waals surface area (Å²) in [5, 5.41) is 10.1. The second-order valence-electron chi connectivity index (χ2n) is 4.77. The van der Waals surface area contributed by atoms with Crippen LogP contribution in [0.25, 0.3) is 0 Å². The maximum Gasteiger partial charge on any atom is 0.0702 e. The Kier molecular flexibility index (Phi) is 4.30. The molecule has 1 heterocycles. The molecule has 0 aromatic heterocycles. The molecular formula is C14H20ClNO. The van der Waals surface area contributed by atoms with Crippen LogP contribution in [0.5, 0.6) is 0 Å². The van der Waals surface area contributed by atoms with Crippen molar-refractivity contribution in [2.45, 2.75) is 32.8 Å². The highest BCUT2D eigenvalue weighted by molar-refractivity contribution is 6.30. The summed E-state index contributed by atoms with van der Waals surface area (Å²) in [7, 11) is 0. The van der Waals surface area contributed by atoms with Gasteiger partial charge in [-0.3, -0.25) is 0 Å². The Hall–Kier alpha value is -0.730. The molecule has 0 aliphatic carbocycles. The zero-order chi connectivity index (χ0) is 12.3. The van der Waals surface area contributed by atoms with Crippen molar-refractivity contribution in [3.63, 3.8) is 0 Å². The molecule has 0 spiro atoms. The molecule has 94 valence electrons. The number of benzene rings is 1. The second-order valence-corrected chi connectivity index (χ2v) is 5.21. The number of anilines is 1. The van der Waals surface area contributed by atoms with Crippen molar-refractivity contribution in [3.8, 4) is 0 Å². The minimum Gasteiger partial charge on any atom is -0.392 e. The molecule has 0 radical (unpaired) electrons. The lowest BCUT2D eigenvalue weighted by Gasteiger charge is -2.34. The third-order valence-electron chi connectivity index (χ3n) is 3.74. The summed E-state index contributed by atoms with van der Waals surface area (Å²) in [4.78, 5) is 2.37. The van der Waals surface area contributed by atoms with Crippen molar-refractivity contribution in [3.05, 3.63) is 28.8 Å². The molecule has 0 saturated carbocycles. The van der Waals surface area contributed by atoms with Crippen molar-refractivity contribution < 1.29 is 5.11 Å². The molecule has 1 saturated heterocycles. The number of piperidine rings is 1. The molecule has 1 aliphatic heterocycles. The van der Waals surface area contributed by atoms with Crippen molar-refractivity contribution >= 4 is 17.3 Å². The zero-order valence-corrected chi connectivity index (χ0v) is 11.1. The molecule has 0 bridgehead atoms. The summed E-state index contributed by atoms with van der Waals surface area (Å²) in [6, 6.07) is 5.80. The number of hydrogen-bond donors (Lipinski definition) is 1. The van der Waals surface area contributed by atoms with E-state index >= 15 is 0 Å². The van der Waals surface area contributed by atoms with Crippen LogP contribution in [0.1, 0.15) is 31.7 Å². The van der Waals surface area contributed by atoms with Gasteiger partial charge in [0, 0.05) is 29.4 Å². The lowest BCUT2D eigenvalue weighted by Crippen LogP contribution is -2.34. The second kappa shape index (κ2) is 5.74. The van der Waals surface area contributed by atoms with E-state index in [0.717, 1.165) is 30.3 Å². The van der Waals surface area contributed by atoms with Gasteiger partial charge in [0.15, 0.2) is 0 Å². The monoisotopic (exact) mass is 253 g/mol. The summed E-state index contributed by atoms with van der Waals surface area (Å²) in [6.45, 7) is 4.51. The fourth-order valence-electron chi connectivity index (χ4n) is 2.57. The van der Waals surface area contributed by atoms with Crippen LogP contribution in [0.3, 0.4) is 0 Å². The average molecular weight is 254 g/mol. The molecule has 1 aromatic carbocycles. The predicted octanol–water partition coefficient (Wildman–Crippen LogP) is 3.46. The van der Waals surface area contributed by atoms with Gasteiger partial charge in [-0.2, -0.15) is 0 Å². The van der Waals surface area contributed by atoms with E-state index in [-0.39, 0.29) is 6.61 Å². The van der Waals surface area contributed by atoms with Gasteiger partial charge in [-0.05, 0) is 37.0 Å². The first kappa shape index (κ1) is 12.7. The number of aliphatic hydroxyl groups is 1. The van der Waals surface area contributed by atoms with Gasteiger partial charge >= 0.3 is 0 Å². The minimum atomic E-state index is 0.0591. The minimum absolute atomic E-state index is 0.0591. The van der Waals surface area contributed by atoms with Crippen molar-refractivity contribution in [2.24, 2.45) is 5.92 Å². The number of hydrogen-bond acceptors (Lipinski definition) is 2. The highest BCUT2D eigenvalue weighted by Crippen LogP contribution is 2.29. The molecule has 1 aromatic rings. The first-order chi connectivity index (χ1) is 8.24. The van der Waals surface area contributed by atoms with Crippen LogP contribution >= 0.6 is 11.6 Å². The largest absolute Gasteiger partial charge is 0.392 e. The number of aliphatic hydroxyl groups excluding tert-OH is 1. The Bertz CT molecular complexity index is 372. The lowest BCUT2D eigenvalue weighted by atomic mass is 9.94. The molecule has 3 heteroatoms. The third kappa shape index (κ3) is 2.93. The SMILES string of the molecule is CCC1CCN(c2ccc(Cl)cc2CO)CC1. The number of halogens is 1. The summed E-state index contributed by atoms with van der Waals surface area (Å²) in [5.41, 5.74) is 2.08. The van der Waals surface area contributed by atoms with Gasteiger partial charge in [0.05, 0.1) is 6.61 Å². The molecule has 0 amide bonds. The Morgan fingerprint density at radius 2 is 2.06 bits per heavy atom. The molecular weight excluding hydrogens is 234 g/mol. The quantitative estimate of drug-likeness (QED) is 0.892. The predicted molar refractivity (Wildman–Crippen MR) is 72.6 cm³/mol. The van der Waals surface area contributed by atoms with Crippen LogP contribution < -0.4 is 4.90 Å². The normalized spacial score (nSPS) is 17.5. The van der Waals surface area contributed by atoms with Crippen LogP contribution in [0, 0.1) is 5.92 Å². The Balaban J connectivity index is 2.12. The van der Waals surface area contributed by atoms with Gasteiger partial charge in [-0.15, -0.1) is 0 Å². The molecule has 0 unspecified atom stereocenters. The molecule has 1 N–H and O–H groups in total. The Morgan fingerprint density at radius 3 is 2.65 bits per heavy atom. The molecule has 2 rings (SSSR count). The van der Waals surface area contributed by atoms with Crippen molar-refractivity contribution in [1.82, 2.24) is 0 Å². The third-order valence-corrected chi connectivity index (χ3v) is 3.98. The van der Waals surface area contributed by atoms with Crippen LogP contribution in [-0.2, 0) is 6.61 Å². The van der Waals surface area contributed by atoms with Gasteiger partial charge in [-0.1, -0.05) is 24.9 Å². The molecule has 1 fully saturated rings. The van der Waals surface area contributed by atoms with E-state index in [1.807, 2.05) is 18.2 Å². The lowest BCUT2D eigenvalue weighted by molar-refractivity contribution is 0.281. The average Bonchev–Trinajstić information content (AvgIpc) is 2.39. The van der Waals surface area contributed by atoms with Crippen LogP contribution in [-0.4, -0.2) is 18.2 Å². The molecule has 2 nitrogen and oxygen atoms in total. The maximum atomic E-state index is 9.39. The Morgan fingerprint density at radius 1 is 1.35 bits per heavy atom. The van der Waals surface area contributed by atoms with E-state index < -0.39 is 0 Å². The van der Waals surface area contributed by atoms with E-state index in [4.69, 9.17) is 11.6 Å². The summed E-state index contributed by atoms with van der Waals surface area (Å²) >= 11 is 5.95. The standard InChI is InChI=1S/C14H20ClNO/c1-2-11-5-7-16(8-6-11)14-4-3-13(15)9-12(14)10-17/h3-4,9,11,17H,2,5-8,10H2,1H3. The molecule has 0 atom stereocenters. The number of rotatable bonds is 3. The summed E-state index contributed by atoms with van der Waals surface area (Å²) in [5.74, 6) is 0.871. The van der Waals surface area contributed by atoms with Gasteiger partial charge in [0.2, 0.25) is 0 Å². The fourth-order valence-corrected chi connectivity index (χ4v) is 2.77. The topological polar surface area (TPSA) is 23.5 Å². The van der Waals surface area contributed by atoms with Crippen LogP contribution in [0.2, 0.25) is 5.02 Å². The van der Waals surface area contributed by atoms with Crippen molar-refractivity contribution in [2.75, 3.05) is 18.0 Å². The highest BCUT2D eigenvalue weighted by atomic mass is 35.5. The summed E-state index contributed by atoms with van der Waals surface area (Å²) in [6.07, 6.45) is 3.79. The smallest absolute Gasteiger partial charge is 0.0702 e. The van der Waals surface area contributed by atoms with Gasteiger partial charge in [0.1, 0.15) is 0 Å². The first-order valence-corrected chi connectivity index (χ1v) is 6.76. The van der Waals surface area contributed by atoms with E-state index in [9.17, 15) is 5.11 Å². The molecule has 1 aliphatic rings. The van der Waals surface area contributed by atoms with Crippen LogP contribution in [0.4, 0.5) is 5.69 Å². The van der Waals surface area contributed by atoms with Crippen molar-refractivity contribution in [1.29, 1.82) is 0 Å². The number of nitrogens with zero attached hydrogens (tertiary/aromatic N) is 1. The van der Waals surface area contributed by atoms with Gasteiger partial charge < -0.3 is 10.0 Å². The van der Waals surface area contributed by atoms with Crippen LogP contribution in [0.15, 0.2) is 18.2 Å². The van der Waals surface area contributed by atoms with E-state index in [1.165, 1.54) is 19.3 Å². The van der Waals surface area contributed by atoms with E-state index in [2.05, 4.69) is 11.8 Å². The van der Waals surface area contributed by atoms with Gasteiger partial charge in [-0.25, -0.2) is 0 Å². The first-order valence-electron chi connectivity index (χ1n) is 6.38. The van der Waals surface area contributed by atoms with E-state index in [0.29, 0.717) is 5.02 Å². The van der Waals surface area contributed by atoms with E-state index in [1.54, 1.807) is 0 Å². The Labute approximate surface area is 108 Å². The maximum absolute atomic E-state index is 9.39. The van der Waals surface area contributed by atoms with Gasteiger partial charge in [0.25, 0.3) is 0 Å². The highest BCUT2D eigenvalue weighted by Gasteiger charge is 2.19. The summed E-state index contributed by atoms with van der Waals surface area (Å²) < 4.78 is 0. The molecule has 17 heavy (non-hydrogen) atoms. The fraction of sp³-hybridized carbons (Fsp3) is 0.571.